The molecule has 0 saturated heterocycles. The number of amides is 1. The minimum absolute atomic E-state index is 0.157. The van der Waals surface area contributed by atoms with Crippen molar-refractivity contribution in [3.05, 3.63) is 24.3 Å². The van der Waals surface area contributed by atoms with E-state index < -0.39 is 0 Å². The maximum atomic E-state index is 12.2. The summed E-state index contributed by atoms with van der Waals surface area (Å²) < 4.78 is 5.59. The summed E-state index contributed by atoms with van der Waals surface area (Å²) in [5, 5.41) is 0. The van der Waals surface area contributed by atoms with Crippen molar-refractivity contribution in [1.29, 1.82) is 0 Å². The van der Waals surface area contributed by atoms with E-state index in [1.54, 1.807) is 6.07 Å². The molecule has 116 valence electrons. The zero-order valence-electron chi connectivity index (χ0n) is 13.0. The Morgan fingerprint density at radius 3 is 2.62 bits per heavy atom. The lowest BCUT2D eigenvalue weighted by Gasteiger charge is -2.33. The first kappa shape index (κ1) is 15.7. The Kier molecular flexibility index (Phi) is 5.48. The Labute approximate surface area is 127 Å². The van der Waals surface area contributed by atoms with Crippen molar-refractivity contribution < 1.29 is 9.53 Å². The molecule has 1 aromatic carbocycles. The van der Waals surface area contributed by atoms with Crippen molar-refractivity contribution in [2.75, 3.05) is 19.4 Å². The van der Waals surface area contributed by atoms with Crippen LogP contribution in [0.5, 0.6) is 5.75 Å². The predicted octanol–water partition coefficient (Wildman–Crippen LogP) is 3.07. The van der Waals surface area contributed by atoms with E-state index in [-0.39, 0.29) is 5.91 Å². The molecule has 0 bridgehead atoms. The van der Waals surface area contributed by atoms with Crippen LogP contribution < -0.4 is 10.5 Å². The predicted molar refractivity (Wildman–Crippen MR) is 85.2 cm³/mol. The highest BCUT2D eigenvalue weighted by molar-refractivity contribution is 5.76. The second-order valence-corrected chi connectivity index (χ2v) is 6.05. The number of hydrogen-bond acceptors (Lipinski definition) is 3. The number of nitrogen functional groups attached to an aromatic ring is 1. The lowest BCUT2D eigenvalue weighted by atomic mass is 9.86. The number of rotatable bonds is 5. The quantitative estimate of drug-likeness (QED) is 0.848. The second kappa shape index (κ2) is 7.34. The van der Waals surface area contributed by atoms with E-state index in [0.717, 1.165) is 18.8 Å². The third-order valence-electron chi connectivity index (χ3n) is 4.42. The zero-order valence-corrected chi connectivity index (χ0v) is 13.0. The number of para-hydroxylation sites is 2. The molecule has 4 heteroatoms. The first-order valence-electron chi connectivity index (χ1n) is 7.81. The Bertz CT molecular complexity index is 468. The fourth-order valence-corrected chi connectivity index (χ4v) is 2.87. The highest BCUT2D eigenvalue weighted by Gasteiger charge is 2.24. The molecule has 0 atom stereocenters. The average Bonchev–Trinajstić information content (AvgIpc) is 2.49. The summed E-state index contributed by atoms with van der Waals surface area (Å²) in [5.74, 6) is 1.61. The van der Waals surface area contributed by atoms with Gasteiger partial charge >= 0.3 is 0 Å². The molecule has 1 fully saturated rings. The van der Waals surface area contributed by atoms with E-state index >= 15 is 0 Å². The van der Waals surface area contributed by atoms with Gasteiger partial charge in [-0.15, -0.1) is 0 Å². The van der Waals surface area contributed by atoms with Crippen LogP contribution >= 0.6 is 0 Å². The van der Waals surface area contributed by atoms with Gasteiger partial charge in [0.1, 0.15) is 5.75 Å². The third kappa shape index (κ3) is 4.38. The molecule has 1 amide bonds. The number of nitrogens with two attached hydrogens (primary N) is 1. The molecule has 0 unspecified atom stereocenters. The van der Waals surface area contributed by atoms with E-state index in [4.69, 9.17) is 10.5 Å². The van der Waals surface area contributed by atoms with Crippen molar-refractivity contribution in [2.45, 2.75) is 45.1 Å². The van der Waals surface area contributed by atoms with Gasteiger partial charge in [-0.25, -0.2) is 0 Å². The van der Waals surface area contributed by atoms with Crippen LogP contribution in [-0.4, -0.2) is 30.5 Å². The van der Waals surface area contributed by atoms with Gasteiger partial charge in [0.25, 0.3) is 0 Å². The van der Waals surface area contributed by atoms with Crippen LogP contribution in [0.1, 0.15) is 39.0 Å². The Morgan fingerprint density at radius 1 is 1.29 bits per heavy atom. The molecule has 2 rings (SSSR count). The van der Waals surface area contributed by atoms with Gasteiger partial charge in [-0.2, -0.15) is 0 Å². The van der Waals surface area contributed by atoms with Crippen LogP contribution in [0.2, 0.25) is 0 Å². The minimum Gasteiger partial charge on any atom is -0.491 e. The fraction of sp³-hybridized carbons (Fsp3) is 0.588. The summed E-state index contributed by atoms with van der Waals surface area (Å²) in [6.07, 6.45) is 5.08. The molecular formula is C17H26N2O2. The maximum Gasteiger partial charge on any atom is 0.225 e. The van der Waals surface area contributed by atoms with E-state index in [9.17, 15) is 4.79 Å². The monoisotopic (exact) mass is 290 g/mol. The summed E-state index contributed by atoms with van der Waals surface area (Å²) in [7, 11) is 1.92. The van der Waals surface area contributed by atoms with Gasteiger partial charge in [0.05, 0.1) is 18.7 Å². The maximum absolute atomic E-state index is 12.2. The molecule has 4 nitrogen and oxygen atoms in total. The number of ether oxygens (including phenoxy) is 1. The average molecular weight is 290 g/mol. The van der Waals surface area contributed by atoms with Crippen LogP contribution in [0.4, 0.5) is 5.69 Å². The lowest BCUT2D eigenvalue weighted by Crippen LogP contribution is -2.39. The van der Waals surface area contributed by atoms with E-state index in [2.05, 4.69) is 6.92 Å². The van der Waals surface area contributed by atoms with Crippen LogP contribution in [0, 0.1) is 5.92 Å². The SMILES string of the molecule is CC1CCC(N(C)C(=O)CCOc2ccccc2N)CC1. The topological polar surface area (TPSA) is 55.6 Å². The number of carbonyl (C=O) groups excluding carboxylic acids is 1. The van der Waals surface area contributed by atoms with Crippen molar-refractivity contribution >= 4 is 11.6 Å². The molecule has 1 saturated carbocycles. The normalized spacial score (nSPS) is 21.8. The van der Waals surface area contributed by atoms with Gasteiger partial charge in [0.15, 0.2) is 0 Å². The van der Waals surface area contributed by atoms with Crippen LogP contribution in [-0.2, 0) is 4.79 Å². The number of anilines is 1. The number of nitrogens with zero attached hydrogens (tertiary/aromatic N) is 1. The van der Waals surface area contributed by atoms with Crippen molar-refractivity contribution in [2.24, 2.45) is 5.92 Å². The third-order valence-corrected chi connectivity index (χ3v) is 4.42. The first-order valence-corrected chi connectivity index (χ1v) is 7.81. The van der Waals surface area contributed by atoms with Gasteiger partial charge in [-0.05, 0) is 43.7 Å². The minimum atomic E-state index is 0.157. The summed E-state index contributed by atoms with van der Waals surface area (Å²) in [4.78, 5) is 14.1. The summed E-state index contributed by atoms with van der Waals surface area (Å²) in [6.45, 7) is 2.66. The van der Waals surface area contributed by atoms with Gasteiger partial charge in [0.2, 0.25) is 5.91 Å². The van der Waals surface area contributed by atoms with Gasteiger partial charge < -0.3 is 15.4 Å². The van der Waals surface area contributed by atoms with Gasteiger partial charge in [-0.3, -0.25) is 4.79 Å². The lowest BCUT2D eigenvalue weighted by molar-refractivity contribution is -0.133. The Morgan fingerprint density at radius 2 is 1.95 bits per heavy atom. The molecule has 0 spiro atoms. The molecule has 1 aliphatic carbocycles. The van der Waals surface area contributed by atoms with Crippen LogP contribution in [0.25, 0.3) is 0 Å². The molecule has 0 heterocycles. The molecule has 1 aromatic rings. The Balaban J connectivity index is 1.75. The molecule has 0 radical (unpaired) electrons. The zero-order chi connectivity index (χ0) is 15.2. The largest absolute Gasteiger partial charge is 0.491 e. The van der Waals surface area contributed by atoms with Crippen molar-refractivity contribution in [1.82, 2.24) is 4.90 Å². The first-order chi connectivity index (χ1) is 10.1. The molecule has 2 N–H and O–H groups in total. The molecule has 1 aliphatic rings. The summed E-state index contributed by atoms with van der Waals surface area (Å²) in [6, 6.07) is 7.77. The molecular weight excluding hydrogens is 264 g/mol. The number of carbonyl (C=O) groups is 1. The molecule has 21 heavy (non-hydrogen) atoms. The fourth-order valence-electron chi connectivity index (χ4n) is 2.87. The van der Waals surface area contributed by atoms with Crippen molar-refractivity contribution in [3.8, 4) is 5.75 Å². The Hall–Kier alpha value is -1.71. The molecule has 0 aliphatic heterocycles. The summed E-state index contributed by atoms with van der Waals surface area (Å²) in [5.41, 5.74) is 6.42. The smallest absolute Gasteiger partial charge is 0.225 e. The number of benzene rings is 1. The van der Waals surface area contributed by atoms with Gasteiger partial charge in [-0.1, -0.05) is 19.1 Å². The van der Waals surface area contributed by atoms with Crippen LogP contribution in [0.15, 0.2) is 24.3 Å². The highest BCUT2D eigenvalue weighted by Crippen LogP contribution is 2.26. The number of hydrogen-bond donors (Lipinski definition) is 1. The summed E-state index contributed by atoms with van der Waals surface area (Å²) >= 11 is 0. The standard InChI is InChI=1S/C17H26N2O2/c1-13-7-9-14(10-8-13)19(2)17(20)11-12-21-16-6-4-3-5-15(16)18/h3-6,13-14H,7-12,18H2,1-2H3. The highest BCUT2D eigenvalue weighted by atomic mass is 16.5. The van der Waals surface area contributed by atoms with E-state index in [1.807, 2.05) is 30.1 Å². The second-order valence-electron chi connectivity index (χ2n) is 6.05. The van der Waals surface area contributed by atoms with E-state index in [0.29, 0.717) is 30.5 Å². The molecule has 0 aromatic heterocycles. The van der Waals surface area contributed by atoms with Gasteiger partial charge in [0, 0.05) is 13.1 Å². The van der Waals surface area contributed by atoms with Crippen LogP contribution in [0.3, 0.4) is 0 Å². The van der Waals surface area contributed by atoms with Crippen molar-refractivity contribution in [3.63, 3.8) is 0 Å². The van der Waals surface area contributed by atoms with E-state index in [1.165, 1.54) is 12.8 Å².